The van der Waals surface area contributed by atoms with E-state index in [1.807, 2.05) is 0 Å². The zero-order valence-corrected chi connectivity index (χ0v) is 10.3. The Bertz CT molecular complexity index is 425. The first-order chi connectivity index (χ1) is 7.48. The summed E-state index contributed by atoms with van der Waals surface area (Å²) in [7, 11) is -1.71. The molecule has 0 heterocycles. The molecule has 0 radical (unpaired) electrons. The van der Waals surface area contributed by atoms with Crippen molar-refractivity contribution in [1.82, 2.24) is 0 Å². The molecule has 0 fully saturated rings. The summed E-state index contributed by atoms with van der Waals surface area (Å²) in [5.41, 5.74) is 6.07. The largest absolute Gasteiger partial charge is 0.399 e. The molecule has 0 aromatic heterocycles. The standard InChI is InChI=1S/C11H17NO3S/c1-9(7-8-15-2)16(13,14)11-5-3-10(12)4-6-11/h3-6,9H,7-8,12H2,1-2H3. The second-order valence-corrected chi connectivity index (χ2v) is 6.07. The highest BCUT2D eigenvalue weighted by atomic mass is 32.2. The highest BCUT2D eigenvalue weighted by Gasteiger charge is 2.22. The molecule has 0 aliphatic carbocycles. The molecule has 1 atom stereocenters. The second-order valence-electron chi connectivity index (χ2n) is 3.71. The van der Waals surface area contributed by atoms with Crippen LogP contribution in [0.3, 0.4) is 0 Å². The van der Waals surface area contributed by atoms with Gasteiger partial charge in [-0.1, -0.05) is 0 Å². The molecular weight excluding hydrogens is 226 g/mol. The minimum atomic E-state index is -3.26. The van der Waals surface area contributed by atoms with Crippen molar-refractivity contribution in [3.63, 3.8) is 0 Å². The summed E-state index contributed by atoms with van der Waals surface area (Å²) >= 11 is 0. The number of rotatable bonds is 5. The Morgan fingerprint density at radius 3 is 2.38 bits per heavy atom. The number of benzene rings is 1. The van der Waals surface area contributed by atoms with E-state index < -0.39 is 15.1 Å². The zero-order valence-electron chi connectivity index (χ0n) is 9.51. The van der Waals surface area contributed by atoms with E-state index in [4.69, 9.17) is 10.5 Å². The van der Waals surface area contributed by atoms with Crippen LogP contribution in [0.25, 0.3) is 0 Å². The Labute approximate surface area is 96.3 Å². The number of ether oxygens (including phenoxy) is 1. The SMILES string of the molecule is COCCC(C)S(=O)(=O)c1ccc(N)cc1. The first-order valence-corrected chi connectivity index (χ1v) is 6.61. The summed E-state index contributed by atoms with van der Waals surface area (Å²) in [6.07, 6.45) is 0.489. The first-order valence-electron chi connectivity index (χ1n) is 5.07. The second kappa shape index (κ2) is 5.32. The van der Waals surface area contributed by atoms with E-state index in [9.17, 15) is 8.42 Å². The Morgan fingerprint density at radius 1 is 1.31 bits per heavy atom. The minimum absolute atomic E-state index is 0.310. The molecule has 0 saturated heterocycles. The van der Waals surface area contributed by atoms with Gasteiger partial charge < -0.3 is 10.5 Å². The third-order valence-corrected chi connectivity index (χ3v) is 4.69. The number of anilines is 1. The van der Waals surface area contributed by atoms with E-state index in [0.29, 0.717) is 23.6 Å². The molecule has 0 aliphatic rings. The average Bonchev–Trinajstić information content (AvgIpc) is 2.26. The minimum Gasteiger partial charge on any atom is -0.399 e. The molecule has 0 saturated carbocycles. The van der Waals surface area contributed by atoms with Crippen molar-refractivity contribution in [3.05, 3.63) is 24.3 Å². The predicted octanol–water partition coefficient (Wildman–Crippen LogP) is 1.47. The third kappa shape index (κ3) is 2.96. The zero-order chi connectivity index (χ0) is 12.2. The molecule has 2 N–H and O–H groups in total. The van der Waals surface area contributed by atoms with Gasteiger partial charge in [0.25, 0.3) is 0 Å². The maximum Gasteiger partial charge on any atom is 0.181 e. The van der Waals surface area contributed by atoms with Crippen molar-refractivity contribution in [2.75, 3.05) is 19.5 Å². The molecule has 90 valence electrons. The van der Waals surface area contributed by atoms with E-state index in [2.05, 4.69) is 0 Å². The molecule has 0 aliphatic heterocycles. The van der Waals surface area contributed by atoms with Gasteiger partial charge in [-0.25, -0.2) is 8.42 Å². The fraction of sp³-hybridized carbons (Fsp3) is 0.455. The van der Waals surface area contributed by atoms with Crippen LogP contribution in [0.2, 0.25) is 0 Å². The smallest absolute Gasteiger partial charge is 0.181 e. The molecule has 5 heteroatoms. The first kappa shape index (κ1) is 13.0. The van der Waals surface area contributed by atoms with Gasteiger partial charge in [-0.05, 0) is 37.6 Å². The van der Waals surface area contributed by atoms with Crippen molar-refractivity contribution in [3.8, 4) is 0 Å². The monoisotopic (exact) mass is 243 g/mol. The van der Waals surface area contributed by atoms with Crippen molar-refractivity contribution in [2.45, 2.75) is 23.5 Å². The summed E-state index contributed by atoms with van der Waals surface area (Å²) in [4.78, 5) is 0.310. The Balaban J connectivity index is 2.89. The van der Waals surface area contributed by atoms with Crippen molar-refractivity contribution >= 4 is 15.5 Å². The van der Waals surface area contributed by atoms with E-state index in [1.54, 1.807) is 26.2 Å². The van der Waals surface area contributed by atoms with Gasteiger partial charge in [0.1, 0.15) is 0 Å². The summed E-state index contributed by atoms with van der Waals surface area (Å²) < 4.78 is 29.0. The van der Waals surface area contributed by atoms with E-state index in [1.165, 1.54) is 12.1 Å². The van der Waals surface area contributed by atoms with Gasteiger partial charge in [-0.3, -0.25) is 0 Å². The molecule has 4 nitrogen and oxygen atoms in total. The lowest BCUT2D eigenvalue weighted by molar-refractivity contribution is 0.194. The number of hydrogen-bond acceptors (Lipinski definition) is 4. The number of methoxy groups -OCH3 is 1. The fourth-order valence-electron chi connectivity index (χ4n) is 1.33. The number of nitrogens with two attached hydrogens (primary N) is 1. The normalized spacial score (nSPS) is 13.6. The van der Waals surface area contributed by atoms with Gasteiger partial charge in [-0.15, -0.1) is 0 Å². The van der Waals surface area contributed by atoms with Crippen LogP contribution in [0, 0.1) is 0 Å². The lowest BCUT2D eigenvalue weighted by Gasteiger charge is -2.12. The highest BCUT2D eigenvalue weighted by Crippen LogP contribution is 2.19. The van der Waals surface area contributed by atoms with Crippen LogP contribution in [0.1, 0.15) is 13.3 Å². The summed E-state index contributed by atoms with van der Waals surface area (Å²) in [6.45, 7) is 2.13. The fourth-order valence-corrected chi connectivity index (χ4v) is 2.72. The van der Waals surface area contributed by atoms with Crippen molar-refractivity contribution in [2.24, 2.45) is 0 Å². The van der Waals surface area contributed by atoms with Crippen LogP contribution < -0.4 is 5.73 Å². The van der Waals surface area contributed by atoms with Crippen LogP contribution in [0.4, 0.5) is 5.69 Å². The Morgan fingerprint density at radius 2 is 1.88 bits per heavy atom. The molecule has 16 heavy (non-hydrogen) atoms. The number of nitrogen functional groups attached to an aromatic ring is 1. The van der Waals surface area contributed by atoms with Crippen LogP contribution in [0.5, 0.6) is 0 Å². The maximum atomic E-state index is 12.1. The lowest BCUT2D eigenvalue weighted by atomic mass is 10.3. The van der Waals surface area contributed by atoms with Crippen LogP contribution >= 0.6 is 0 Å². The quantitative estimate of drug-likeness (QED) is 0.795. The van der Waals surface area contributed by atoms with E-state index in [0.717, 1.165) is 0 Å². The van der Waals surface area contributed by atoms with Crippen LogP contribution in [-0.2, 0) is 14.6 Å². The predicted molar refractivity (Wildman–Crippen MR) is 64.0 cm³/mol. The van der Waals surface area contributed by atoms with Gasteiger partial charge in [0.2, 0.25) is 0 Å². The van der Waals surface area contributed by atoms with Gasteiger partial charge in [0.05, 0.1) is 10.1 Å². The number of hydrogen-bond donors (Lipinski definition) is 1. The molecule has 0 bridgehead atoms. The molecule has 1 unspecified atom stereocenters. The van der Waals surface area contributed by atoms with Crippen molar-refractivity contribution < 1.29 is 13.2 Å². The van der Waals surface area contributed by atoms with E-state index in [-0.39, 0.29) is 0 Å². The Hall–Kier alpha value is -1.07. The van der Waals surface area contributed by atoms with Gasteiger partial charge >= 0.3 is 0 Å². The topological polar surface area (TPSA) is 69.4 Å². The molecule has 1 aromatic carbocycles. The molecule has 1 aromatic rings. The van der Waals surface area contributed by atoms with Gasteiger partial charge in [0.15, 0.2) is 9.84 Å². The number of sulfone groups is 1. The van der Waals surface area contributed by atoms with Crippen LogP contribution in [-0.4, -0.2) is 27.4 Å². The lowest BCUT2D eigenvalue weighted by Crippen LogP contribution is -2.19. The Kier molecular flexibility index (Phi) is 4.32. The average molecular weight is 243 g/mol. The highest BCUT2D eigenvalue weighted by molar-refractivity contribution is 7.92. The van der Waals surface area contributed by atoms with Gasteiger partial charge in [0, 0.05) is 19.4 Å². The maximum absolute atomic E-state index is 12.1. The van der Waals surface area contributed by atoms with Gasteiger partial charge in [-0.2, -0.15) is 0 Å². The molecular formula is C11H17NO3S. The molecule has 0 amide bonds. The van der Waals surface area contributed by atoms with Crippen LogP contribution in [0.15, 0.2) is 29.2 Å². The van der Waals surface area contributed by atoms with E-state index >= 15 is 0 Å². The summed E-state index contributed by atoms with van der Waals surface area (Å²) in [6, 6.07) is 6.26. The molecule has 0 spiro atoms. The van der Waals surface area contributed by atoms with Crippen molar-refractivity contribution in [1.29, 1.82) is 0 Å². The molecule has 1 rings (SSSR count). The summed E-state index contributed by atoms with van der Waals surface area (Å²) in [5.74, 6) is 0. The third-order valence-electron chi connectivity index (χ3n) is 2.47. The summed E-state index contributed by atoms with van der Waals surface area (Å²) in [5, 5.41) is -0.448.